The van der Waals surface area contributed by atoms with Crippen LogP contribution in [0.3, 0.4) is 0 Å². The quantitative estimate of drug-likeness (QED) is 0.423. The highest BCUT2D eigenvalue weighted by Gasteiger charge is 2.25. The van der Waals surface area contributed by atoms with Gasteiger partial charge >= 0.3 is 6.18 Å². The van der Waals surface area contributed by atoms with E-state index in [9.17, 15) is 13.2 Å². The molecule has 0 unspecified atom stereocenters. The van der Waals surface area contributed by atoms with Gasteiger partial charge in [-0.05, 0) is 12.8 Å². The number of alkyl halides is 3. The van der Waals surface area contributed by atoms with Gasteiger partial charge < -0.3 is 5.73 Å². The summed E-state index contributed by atoms with van der Waals surface area (Å²) in [5, 5.41) is 0. The van der Waals surface area contributed by atoms with Gasteiger partial charge in [-0.25, -0.2) is 0 Å². The van der Waals surface area contributed by atoms with E-state index in [1.807, 2.05) is 13.8 Å². The van der Waals surface area contributed by atoms with E-state index in [4.69, 9.17) is 5.73 Å². The molecule has 2 nitrogen and oxygen atoms in total. The first kappa shape index (κ1) is 13.3. The minimum atomic E-state index is -4.05. The second-order valence-electron chi connectivity index (χ2n) is 3.53. The van der Waals surface area contributed by atoms with Gasteiger partial charge in [0.2, 0.25) is 0 Å². The lowest BCUT2D eigenvalue weighted by molar-refractivity contribution is -0.135. The van der Waals surface area contributed by atoms with Crippen molar-refractivity contribution in [3.8, 4) is 0 Å². The lowest BCUT2D eigenvalue weighted by atomic mass is 10.2. The van der Waals surface area contributed by atoms with Crippen molar-refractivity contribution in [2.24, 2.45) is 16.6 Å². The van der Waals surface area contributed by atoms with Crippen LogP contribution in [0.2, 0.25) is 0 Å². The molecular formula is C9H17F3N2. The number of hydrogen-bond donors (Lipinski definition) is 1. The largest absolute Gasteiger partial charge is 0.389 e. The Bertz CT molecular complexity index is 185. The summed E-state index contributed by atoms with van der Waals surface area (Å²) in [5.41, 5.74) is 5.51. The van der Waals surface area contributed by atoms with Crippen LogP contribution < -0.4 is 5.73 Å². The first-order chi connectivity index (χ1) is 6.33. The maximum atomic E-state index is 11.7. The molecule has 0 heterocycles. The molecule has 0 aromatic heterocycles. The predicted octanol–water partition coefficient (Wildman–Crippen LogP) is 2.73. The van der Waals surface area contributed by atoms with Gasteiger partial charge in [-0.2, -0.15) is 13.2 Å². The van der Waals surface area contributed by atoms with Crippen LogP contribution in [0.25, 0.3) is 0 Å². The summed E-state index contributed by atoms with van der Waals surface area (Å²) in [6, 6.07) is 0. The van der Waals surface area contributed by atoms with Gasteiger partial charge in [0.25, 0.3) is 0 Å². The van der Waals surface area contributed by atoms with Crippen LogP contribution in [0.5, 0.6) is 0 Å². The summed E-state index contributed by atoms with van der Waals surface area (Å²) in [6.45, 7) is 4.18. The Kier molecular flexibility index (Phi) is 5.57. The smallest absolute Gasteiger partial charge is 0.387 e. The number of nitrogens with zero attached hydrogens (tertiary/aromatic N) is 1. The lowest BCUT2D eigenvalue weighted by Crippen LogP contribution is -2.19. The second-order valence-corrected chi connectivity index (χ2v) is 3.53. The van der Waals surface area contributed by atoms with Crippen molar-refractivity contribution >= 4 is 5.84 Å². The van der Waals surface area contributed by atoms with E-state index in [1.165, 1.54) is 0 Å². The molecule has 0 fully saturated rings. The van der Waals surface area contributed by atoms with E-state index < -0.39 is 12.6 Å². The molecule has 0 aromatic carbocycles. The highest BCUT2D eigenvalue weighted by molar-refractivity contribution is 5.82. The van der Waals surface area contributed by atoms with Crippen LogP contribution in [0.15, 0.2) is 4.99 Å². The summed E-state index contributed by atoms with van der Waals surface area (Å²) < 4.78 is 35.1. The van der Waals surface area contributed by atoms with Gasteiger partial charge in [0.15, 0.2) is 0 Å². The highest BCUT2D eigenvalue weighted by atomic mass is 19.4. The van der Waals surface area contributed by atoms with E-state index in [2.05, 4.69) is 4.99 Å². The summed E-state index contributed by atoms with van der Waals surface area (Å²) in [5.74, 6) is 0.676. The van der Waals surface area contributed by atoms with Crippen molar-refractivity contribution in [3.63, 3.8) is 0 Å². The van der Waals surface area contributed by atoms with Crippen molar-refractivity contribution in [1.82, 2.24) is 0 Å². The molecule has 0 amide bonds. The van der Waals surface area contributed by atoms with Crippen LogP contribution in [0, 0.1) is 5.92 Å². The Morgan fingerprint density at radius 2 is 1.86 bits per heavy atom. The molecule has 0 spiro atoms. The topological polar surface area (TPSA) is 38.4 Å². The fraction of sp³-hybridized carbons (Fsp3) is 0.889. The van der Waals surface area contributed by atoms with Crippen LogP contribution in [0.1, 0.15) is 33.1 Å². The third kappa shape index (κ3) is 7.89. The average molecular weight is 210 g/mol. The summed E-state index contributed by atoms with van der Waals surface area (Å²) in [6.07, 6.45) is -4.22. The molecule has 0 saturated carbocycles. The maximum Gasteiger partial charge on any atom is 0.389 e. The molecule has 0 saturated heterocycles. The van der Waals surface area contributed by atoms with Gasteiger partial charge in [-0.3, -0.25) is 4.99 Å². The van der Waals surface area contributed by atoms with Crippen LogP contribution in [-0.2, 0) is 0 Å². The third-order valence-corrected chi connectivity index (χ3v) is 1.75. The minimum absolute atomic E-state index is 0.123. The molecule has 0 bridgehead atoms. The van der Waals surface area contributed by atoms with E-state index in [-0.39, 0.29) is 12.3 Å². The van der Waals surface area contributed by atoms with Gasteiger partial charge in [-0.1, -0.05) is 13.8 Å². The molecule has 0 aromatic rings. The Balaban J connectivity index is 3.52. The zero-order valence-corrected chi connectivity index (χ0v) is 8.56. The number of unbranched alkanes of at least 4 members (excludes halogenated alkanes) is 1. The first-order valence-electron chi connectivity index (χ1n) is 4.69. The third-order valence-electron chi connectivity index (χ3n) is 1.75. The predicted molar refractivity (Wildman–Crippen MR) is 51.2 cm³/mol. The normalized spacial score (nSPS) is 13.7. The van der Waals surface area contributed by atoms with Gasteiger partial charge in [0.1, 0.15) is 0 Å². The Labute approximate surface area is 82.4 Å². The molecule has 5 heteroatoms. The lowest BCUT2D eigenvalue weighted by Gasteiger charge is -2.05. The Morgan fingerprint density at radius 3 is 2.29 bits per heavy atom. The van der Waals surface area contributed by atoms with Crippen LogP contribution in [-0.4, -0.2) is 18.6 Å². The van der Waals surface area contributed by atoms with E-state index in [0.717, 1.165) is 0 Å². The zero-order chi connectivity index (χ0) is 11.2. The average Bonchev–Trinajstić information content (AvgIpc) is 2.01. The maximum absolute atomic E-state index is 11.7. The standard InChI is InChI=1S/C9H17F3N2/c1-7(2)8(13)14-6-4-3-5-9(10,11)12/h7H,3-6H2,1-2H3,(H2,13,14). The molecule has 0 aliphatic rings. The number of aliphatic imine (C=N–C) groups is 1. The minimum Gasteiger partial charge on any atom is -0.387 e. The Hall–Kier alpha value is -0.740. The fourth-order valence-corrected chi connectivity index (χ4v) is 0.828. The van der Waals surface area contributed by atoms with Crippen molar-refractivity contribution in [2.75, 3.05) is 6.54 Å². The van der Waals surface area contributed by atoms with Gasteiger partial charge in [0, 0.05) is 18.9 Å². The number of hydrogen-bond acceptors (Lipinski definition) is 1. The molecule has 0 aliphatic carbocycles. The summed E-state index contributed by atoms with van der Waals surface area (Å²) in [7, 11) is 0. The molecule has 0 aliphatic heterocycles. The molecule has 0 radical (unpaired) electrons. The molecule has 2 N–H and O–H groups in total. The number of rotatable bonds is 5. The molecular weight excluding hydrogens is 193 g/mol. The highest BCUT2D eigenvalue weighted by Crippen LogP contribution is 2.21. The van der Waals surface area contributed by atoms with Crippen molar-refractivity contribution in [2.45, 2.75) is 39.3 Å². The molecule has 14 heavy (non-hydrogen) atoms. The SMILES string of the molecule is CC(C)C(N)=NCCCCC(F)(F)F. The van der Waals surface area contributed by atoms with Crippen molar-refractivity contribution < 1.29 is 13.2 Å². The monoisotopic (exact) mass is 210 g/mol. The fourth-order valence-electron chi connectivity index (χ4n) is 0.828. The van der Waals surface area contributed by atoms with Gasteiger partial charge in [0.05, 0.1) is 5.84 Å². The van der Waals surface area contributed by atoms with Crippen molar-refractivity contribution in [1.29, 1.82) is 0 Å². The number of halogens is 3. The molecule has 84 valence electrons. The molecule has 0 rings (SSSR count). The Morgan fingerprint density at radius 1 is 1.29 bits per heavy atom. The first-order valence-corrected chi connectivity index (χ1v) is 4.69. The van der Waals surface area contributed by atoms with Gasteiger partial charge in [-0.15, -0.1) is 0 Å². The van der Waals surface area contributed by atoms with Crippen LogP contribution in [0.4, 0.5) is 13.2 Å². The van der Waals surface area contributed by atoms with E-state index in [0.29, 0.717) is 18.8 Å². The van der Waals surface area contributed by atoms with E-state index >= 15 is 0 Å². The number of nitrogens with two attached hydrogens (primary N) is 1. The van der Waals surface area contributed by atoms with Crippen LogP contribution >= 0.6 is 0 Å². The summed E-state index contributed by atoms with van der Waals surface area (Å²) in [4.78, 5) is 3.97. The second kappa shape index (κ2) is 5.88. The summed E-state index contributed by atoms with van der Waals surface area (Å²) >= 11 is 0. The van der Waals surface area contributed by atoms with E-state index in [1.54, 1.807) is 0 Å². The van der Waals surface area contributed by atoms with Crippen molar-refractivity contribution in [3.05, 3.63) is 0 Å². The molecule has 0 atom stereocenters. The number of amidine groups is 1. The zero-order valence-electron chi connectivity index (χ0n) is 8.56.